The van der Waals surface area contributed by atoms with Gasteiger partial charge in [-0.3, -0.25) is 14.1 Å². The molecule has 11 heteroatoms. The maximum atomic E-state index is 14.0. The van der Waals surface area contributed by atoms with Gasteiger partial charge < -0.3 is 19.5 Å². The van der Waals surface area contributed by atoms with Crippen LogP contribution in [0.1, 0.15) is 52.9 Å². The van der Waals surface area contributed by atoms with Gasteiger partial charge in [-0.05, 0) is 73.7 Å². The van der Waals surface area contributed by atoms with Crippen molar-refractivity contribution in [3.8, 4) is 11.5 Å². The van der Waals surface area contributed by atoms with Gasteiger partial charge in [0, 0.05) is 37.3 Å². The lowest BCUT2D eigenvalue weighted by Gasteiger charge is -2.24. The number of aliphatic hydroxyl groups is 1. The van der Waals surface area contributed by atoms with Crippen LogP contribution >= 0.6 is 0 Å². The maximum absolute atomic E-state index is 14.0. The van der Waals surface area contributed by atoms with E-state index < -0.39 is 15.6 Å². The number of hydrogen-bond donors (Lipinski definition) is 1. The van der Waals surface area contributed by atoms with Gasteiger partial charge in [-0.25, -0.2) is 12.8 Å². The summed E-state index contributed by atoms with van der Waals surface area (Å²) in [6.07, 6.45) is 3.53. The molecule has 1 aliphatic rings. The largest absolute Gasteiger partial charge is 0.497 e. The van der Waals surface area contributed by atoms with Crippen LogP contribution in [0.15, 0.2) is 60.8 Å². The molecule has 232 valence electrons. The standard InChI is InChI=1S/C33H36FN3O6S/c1-33(2,39)14-15-37-19-27-28(32(37)38)31(43-20-22-8-12-25(42-4)13-9-22)29-26(30(27)36(3)44(5,40)41)17-23(18-35-29)16-21-6-10-24(34)11-7-21/h6-13,17-18,39H,14-16,19-20H2,1-5H3. The van der Waals surface area contributed by atoms with E-state index >= 15 is 0 Å². The first-order chi connectivity index (χ1) is 20.7. The zero-order valence-corrected chi connectivity index (χ0v) is 26.2. The molecule has 3 aromatic carbocycles. The number of pyridine rings is 1. The number of methoxy groups -OCH3 is 1. The van der Waals surface area contributed by atoms with Crippen molar-refractivity contribution in [2.24, 2.45) is 0 Å². The maximum Gasteiger partial charge on any atom is 0.258 e. The molecule has 0 radical (unpaired) electrons. The van der Waals surface area contributed by atoms with Crippen molar-refractivity contribution in [3.63, 3.8) is 0 Å². The first-order valence-electron chi connectivity index (χ1n) is 14.2. The molecule has 1 amide bonds. The predicted molar refractivity (Wildman–Crippen MR) is 167 cm³/mol. The molecule has 0 bridgehead atoms. The number of ether oxygens (including phenoxy) is 2. The summed E-state index contributed by atoms with van der Waals surface area (Å²) in [7, 11) is -0.707. The molecular formula is C33H36FN3O6S. The number of carbonyl (C=O) groups is 1. The van der Waals surface area contributed by atoms with Crippen LogP contribution in [0.4, 0.5) is 10.1 Å². The number of nitrogens with zero attached hydrogens (tertiary/aromatic N) is 3. The van der Waals surface area contributed by atoms with E-state index in [2.05, 4.69) is 0 Å². The third kappa shape index (κ3) is 6.63. The highest BCUT2D eigenvalue weighted by molar-refractivity contribution is 7.92. The van der Waals surface area contributed by atoms with Crippen LogP contribution in [0.3, 0.4) is 0 Å². The van der Waals surface area contributed by atoms with Crippen LogP contribution in [0.25, 0.3) is 10.9 Å². The molecule has 0 saturated carbocycles. The summed E-state index contributed by atoms with van der Waals surface area (Å²) < 4.78 is 52.2. The number of sulfonamides is 1. The van der Waals surface area contributed by atoms with Crippen molar-refractivity contribution in [2.75, 3.05) is 31.3 Å². The average molecular weight is 622 g/mol. The lowest BCUT2D eigenvalue weighted by molar-refractivity contribution is 0.0516. The third-order valence-corrected chi connectivity index (χ3v) is 8.93. The van der Waals surface area contributed by atoms with E-state index in [1.807, 2.05) is 30.3 Å². The van der Waals surface area contributed by atoms with Crippen molar-refractivity contribution in [2.45, 2.75) is 45.4 Å². The topological polar surface area (TPSA) is 109 Å². The van der Waals surface area contributed by atoms with Crippen molar-refractivity contribution >= 4 is 32.5 Å². The number of aromatic nitrogens is 1. The van der Waals surface area contributed by atoms with Gasteiger partial charge in [0.2, 0.25) is 10.0 Å². The molecule has 2 heterocycles. The fraction of sp³-hybridized carbons (Fsp3) is 0.333. The van der Waals surface area contributed by atoms with Crippen molar-refractivity contribution in [1.82, 2.24) is 9.88 Å². The number of carbonyl (C=O) groups excluding carboxylic acids is 1. The zero-order valence-electron chi connectivity index (χ0n) is 25.4. The number of rotatable bonds is 11. The molecule has 5 rings (SSSR count). The number of amides is 1. The summed E-state index contributed by atoms with van der Waals surface area (Å²) >= 11 is 0. The van der Waals surface area contributed by atoms with Gasteiger partial charge in [0.25, 0.3) is 5.91 Å². The molecule has 0 saturated heterocycles. The first-order valence-corrected chi connectivity index (χ1v) is 16.0. The van der Waals surface area contributed by atoms with Gasteiger partial charge in [0.1, 0.15) is 23.7 Å². The summed E-state index contributed by atoms with van der Waals surface area (Å²) in [6, 6.07) is 15.4. The summed E-state index contributed by atoms with van der Waals surface area (Å²) in [5, 5.41) is 10.9. The van der Waals surface area contributed by atoms with E-state index in [4.69, 9.17) is 14.5 Å². The number of fused-ring (bicyclic) bond motifs is 2. The lowest BCUT2D eigenvalue weighted by atomic mass is 9.98. The Balaban J connectivity index is 1.68. The summed E-state index contributed by atoms with van der Waals surface area (Å²) in [5.41, 5.74) is 2.93. The average Bonchev–Trinajstić information content (AvgIpc) is 3.30. The molecule has 1 N–H and O–H groups in total. The van der Waals surface area contributed by atoms with E-state index in [9.17, 15) is 22.7 Å². The SMILES string of the molecule is COc1ccc(COc2c3c(c(N(C)S(C)(=O)=O)c4cc(Cc5ccc(F)cc5)cnc24)CN(CCC(C)(C)O)C3=O)cc1. The number of benzene rings is 3. The Kier molecular flexibility index (Phi) is 8.55. The summed E-state index contributed by atoms with van der Waals surface area (Å²) in [6.45, 7) is 3.87. The number of halogens is 1. The highest BCUT2D eigenvalue weighted by atomic mass is 32.2. The minimum Gasteiger partial charge on any atom is -0.497 e. The molecule has 1 aromatic heterocycles. The second kappa shape index (κ2) is 12.0. The number of hydrogen-bond acceptors (Lipinski definition) is 7. The molecule has 0 unspecified atom stereocenters. The molecule has 4 aromatic rings. The summed E-state index contributed by atoms with van der Waals surface area (Å²) in [5.74, 6) is 0.300. The van der Waals surface area contributed by atoms with Gasteiger partial charge in [-0.15, -0.1) is 0 Å². The highest BCUT2D eigenvalue weighted by Crippen LogP contribution is 2.45. The zero-order chi connectivity index (χ0) is 31.8. The quantitative estimate of drug-likeness (QED) is 0.249. The molecule has 0 atom stereocenters. The van der Waals surface area contributed by atoms with Crippen molar-refractivity contribution < 1.29 is 32.2 Å². The summed E-state index contributed by atoms with van der Waals surface area (Å²) in [4.78, 5) is 20.3. The van der Waals surface area contributed by atoms with Crippen LogP contribution in [-0.4, -0.2) is 61.9 Å². The fourth-order valence-corrected chi connectivity index (χ4v) is 5.81. The second-order valence-corrected chi connectivity index (χ2v) is 13.7. The van der Waals surface area contributed by atoms with E-state index in [0.29, 0.717) is 40.7 Å². The molecule has 0 spiro atoms. The number of anilines is 1. The third-order valence-electron chi connectivity index (χ3n) is 7.75. The first kappa shape index (κ1) is 31.2. The van der Waals surface area contributed by atoms with Gasteiger partial charge in [-0.1, -0.05) is 24.3 Å². The molecule has 1 aliphatic heterocycles. The Bertz CT molecular complexity index is 1800. The van der Waals surface area contributed by atoms with E-state index in [-0.39, 0.29) is 42.7 Å². The van der Waals surface area contributed by atoms with Gasteiger partial charge in [0.15, 0.2) is 5.75 Å². The fourth-order valence-electron chi connectivity index (χ4n) is 5.27. The van der Waals surface area contributed by atoms with Crippen LogP contribution in [0.5, 0.6) is 11.5 Å². The highest BCUT2D eigenvalue weighted by Gasteiger charge is 2.38. The Morgan fingerprint density at radius 1 is 1.07 bits per heavy atom. The van der Waals surface area contributed by atoms with Gasteiger partial charge in [-0.2, -0.15) is 0 Å². The van der Waals surface area contributed by atoms with Crippen LogP contribution in [0.2, 0.25) is 0 Å². The Morgan fingerprint density at radius 3 is 2.34 bits per heavy atom. The van der Waals surface area contributed by atoms with Crippen LogP contribution in [-0.2, 0) is 29.6 Å². The van der Waals surface area contributed by atoms with Crippen LogP contribution < -0.4 is 13.8 Å². The van der Waals surface area contributed by atoms with E-state index in [0.717, 1.165) is 22.9 Å². The Hall–Kier alpha value is -4.22. The van der Waals surface area contributed by atoms with Crippen molar-refractivity contribution in [1.29, 1.82) is 0 Å². The smallest absolute Gasteiger partial charge is 0.258 e. The molecule has 44 heavy (non-hydrogen) atoms. The van der Waals surface area contributed by atoms with E-state index in [1.165, 1.54) is 23.5 Å². The normalized spacial score (nSPS) is 13.3. The molecular weight excluding hydrogens is 585 g/mol. The molecule has 0 fully saturated rings. The molecule has 9 nitrogen and oxygen atoms in total. The van der Waals surface area contributed by atoms with Crippen LogP contribution in [0, 0.1) is 5.82 Å². The lowest BCUT2D eigenvalue weighted by Crippen LogP contribution is -2.31. The molecule has 0 aliphatic carbocycles. The monoisotopic (exact) mass is 621 g/mol. The van der Waals surface area contributed by atoms with Gasteiger partial charge in [0.05, 0.1) is 30.2 Å². The van der Waals surface area contributed by atoms with E-state index in [1.54, 1.807) is 44.2 Å². The minimum atomic E-state index is -3.75. The predicted octanol–water partition coefficient (Wildman–Crippen LogP) is 5.06. The van der Waals surface area contributed by atoms with Crippen molar-refractivity contribution in [3.05, 3.63) is 94.4 Å². The van der Waals surface area contributed by atoms with Gasteiger partial charge >= 0.3 is 0 Å². The second-order valence-electron chi connectivity index (χ2n) is 11.7. The minimum absolute atomic E-state index is 0.128. The Labute approximate surface area is 256 Å². The Morgan fingerprint density at radius 2 is 1.73 bits per heavy atom.